The van der Waals surface area contributed by atoms with Crippen molar-refractivity contribution in [3.8, 4) is 11.5 Å². The van der Waals surface area contributed by atoms with Crippen molar-refractivity contribution < 1.29 is 9.90 Å². The molecule has 4 rings (SSSR count). The predicted octanol–water partition coefficient (Wildman–Crippen LogP) is 3.01. The van der Waals surface area contributed by atoms with Crippen molar-refractivity contribution in [3.05, 3.63) is 42.6 Å². The summed E-state index contributed by atoms with van der Waals surface area (Å²) < 4.78 is 3.91. The Morgan fingerprint density at radius 2 is 2.09 bits per heavy atom. The van der Waals surface area contributed by atoms with Gasteiger partial charge < -0.3 is 9.67 Å². The minimum Gasteiger partial charge on any atom is -0.476 e. The molecule has 1 saturated carbocycles. The molecule has 1 aliphatic carbocycles. The van der Waals surface area contributed by atoms with Gasteiger partial charge in [0.05, 0.1) is 11.8 Å². The third kappa shape index (κ3) is 1.99. The van der Waals surface area contributed by atoms with E-state index in [1.165, 1.54) is 25.7 Å². The van der Waals surface area contributed by atoms with E-state index in [1.54, 1.807) is 10.5 Å². The number of aromatic nitrogens is 4. The van der Waals surface area contributed by atoms with Gasteiger partial charge in [0.2, 0.25) is 0 Å². The summed E-state index contributed by atoms with van der Waals surface area (Å²) in [5, 5.41) is 9.32. The van der Waals surface area contributed by atoms with Gasteiger partial charge >= 0.3 is 5.97 Å². The molecule has 0 aliphatic heterocycles. The quantitative estimate of drug-likeness (QED) is 0.806. The standard InChI is InChI=1S/C16H16N4O2/c21-16(22)14-13-7-3-4-8-20(13)15(18-14)12-9-19(10-17-12)11-5-1-2-6-11/h3-4,7-11H,1-2,5-6H2,(H,21,22). The number of carbonyl (C=O) groups is 1. The SMILES string of the molecule is O=C(O)c1nc(-c2cn(C3CCCC3)cn2)n2ccccc12. The van der Waals surface area contributed by atoms with E-state index in [1.807, 2.05) is 30.9 Å². The number of aromatic carboxylic acids is 1. The number of rotatable bonds is 3. The highest BCUT2D eigenvalue weighted by Gasteiger charge is 2.21. The monoisotopic (exact) mass is 296 g/mol. The zero-order chi connectivity index (χ0) is 15.1. The van der Waals surface area contributed by atoms with Crippen molar-refractivity contribution in [3.63, 3.8) is 0 Å². The Morgan fingerprint density at radius 1 is 1.27 bits per heavy atom. The van der Waals surface area contributed by atoms with Crippen molar-refractivity contribution >= 4 is 11.5 Å². The highest BCUT2D eigenvalue weighted by Crippen LogP contribution is 2.30. The maximum atomic E-state index is 11.4. The Hall–Kier alpha value is -2.63. The van der Waals surface area contributed by atoms with Crippen molar-refractivity contribution in [1.82, 2.24) is 18.9 Å². The normalized spacial score (nSPS) is 15.6. The van der Waals surface area contributed by atoms with Crippen LogP contribution in [0.5, 0.6) is 0 Å². The number of pyridine rings is 1. The molecule has 0 amide bonds. The molecule has 22 heavy (non-hydrogen) atoms. The number of carboxylic acid groups (broad SMARTS) is 1. The average Bonchev–Trinajstić information content (AvgIpc) is 3.25. The average molecular weight is 296 g/mol. The van der Waals surface area contributed by atoms with Gasteiger partial charge in [-0.05, 0) is 25.0 Å². The molecule has 3 aromatic rings. The fourth-order valence-corrected chi connectivity index (χ4v) is 3.23. The summed E-state index contributed by atoms with van der Waals surface area (Å²) in [6.45, 7) is 0. The van der Waals surface area contributed by atoms with Crippen molar-refractivity contribution in [1.29, 1.82) is 0 Å². The third-order valence-electron chi connectivity index (χ3n) is 4.33. The highest BCUT2D eigenvalue weighted by atomic mass is 16.4. The molecular formula is C16H16N4O2. The van der Waals surface area contributed by atoms with Crippen molar-refractivity contribution in [2.24, 2.45) is 0 Å². The Kier molecular flexibility index (Phi) is 2.96. The van der Waals surface area contributed by atoms with Crippen LogP contribution < -0.4 is 0 Å². The van der Waals surface area contributed by atoms with E-state index in [9.17, 15) is 9.90 Å². The molecule has 112 valence electrons. The lowest BCUT2D eigenvalue weighted by Crippen LogP contribution is -2.00. The Labute approximate surface area is 127 Å². The molecule has 0 saturated heterocycles. The van der Waals surface area contributed by atoms with E-state index < -0.39 is 5.97 Å². The minimum absolute atomic E-state index is 0.0611. The molecule has 1 N–H and O–H groups in total. The fraction of sp³-hybridized carbons (Fsp3) is 0.312. The highest BCUT2D eigenvalue weighted by molar-refractivity contribution is 5.94. The molecule has 3 aromatic heterocycles. The first kappa shape index (κ1) is 13.1. The van der Waals surface area contributed by atoms with Crippen LogP contribution in [0.1, 0.15) is 42.2 Å². The summed E-state index contributed by atoms with van der Waals surface area (Å²) >= 11 is 0. The summed E-state index contributed by atoms with van der Waals surface area (Å²) in [4.78, 5) is 20.1. The van der Waals surface area contributed by atoms with Crippen LogP contribution in [0.3, 0.4) is 0 Å². The van der Waals surface area contributed by atoms with Crippen LogP contribution in [0, 0.1) is 0 Å². The summed E-state index contributed by atoms with van der Waals surface area (Å²) in [6.07, 6.45) is 10.5. The largest absolute Gasteiger partial charge is 0.476 e. The topological polar surface area (TPSA) is 72.4 Å². The second-order valence-corrected chi connectivity index (χ2v) is 5.69. The molecule has 1 fully saturated rings. The van der Waals surface area contributed by atoms with Gasteiger partial charge in [-0.2, -0.15) is 0 Å². The van der Waals surface area contributed by atoms with Gasteiger partial charge in [-0.25, -0.2) is 14.8 Å². The predicted molar refractivity (Wildman–Crippen MR) is 80.9 cm³/mol. The molecule has 0 unspecified atom stereocenters. The molecule has 1 aliphatic rings. The van der Waals surface area contributed by atoms with Gasteiger partial charge in [0.25, 0.3) is 0 Å². The van der Waals surface area contributed by atoms with Crippen LogP contribution >= 0.6 is 0 Å². The Balaban J connectivity index is 1.82. The molecule has 6 nitrogen and oxygen atoms in total. The van der Waals surface area contributed by atoms with Crippen LogP contribution in [0.25, 0.3) is 17.0 Å². The van der Waals surface area contributed by atoms with Crippen molar-refractivity contribution in [2.45, 2.75) is 31.7 Å². The zero-order valence-corrected chi connectivity index (χ0v) is 12.0. The number of hydrogen-bond acceptors (Lipinski definition) is 3. The second kappa shape index (κ2) is 4.98. The maximum Gasteiger partial charge on any atom is 0.356 e. The van der Waals surface area contributed by atoms with Crippen LogP contribution in [-0.4, -0.2) is 30.0 Å². The van der Waals surface area contributed by atoms with Crippen LogP contribution in [-0.2, 0) is 0 Å². The summed E-state index contributed by atoms with van der Waals surface area (Å²) in [5.74, 6) is -0.449. The number of fused-ring (bicyclic) bond motifs is 1. The first-order valence-corrected chi connectivity index (χ1v) is 7.48. The van der Waals surface area contributed by atoms with Gasteiger partial charge in [0.1, 0.15) is 5.69 Å². The second-order valence-electron chi connectivity index (χ2n) is 5.69. The molecule has 6 heteroatoms. The van der Waals surface area contributed by atoms with Crippen LogP contribution in [0.4, 0.5) is 0 Å². The van der Waals surface area contributed by atoms with Gasteiger partial charge in [0, 0.05) is 18.4 Å². The van der Waals surface area contributed by atoms with E-state index in [4.69, 9.17) is 0 Å². The lowest BCUT2D eigenvalue weighted by atomic mass is 10.2. The number of nitrogens with zero attached hydrogens (tertiary/aromatic N) is 4. The summed E-state index contributed by atoms with van der Waals surface area (Å²) in [6, 6.07) is 5.93. The molecular weight excluding hydrogens is 280 g/mol. The van der Waals surface area contributed by atoms with E-state index >= 15 is 0 Å². The Bertz CT molecular complexity index is 843. The van der Waals surface area contributed by atoms with E-state index in [0.717, 1.165) is 0 Å². The molecule has 0 spiro atoms. The fourth-order valence-electron chi connectivity index (χ4n) is 3.23. The Morgan fingerprint density at radius 3 is 2.86 bits per heavy atom. The maximum absolute atomic E-state index is 11.4. The molecule has 0 bridgehead atoms. The number of imidazole rings is 2. The van der Waals surface area contributed by atoms with E-state index in [0.29, 0.717) is 23.1 Å². The van der Waals surface area contributed by atoms with Crippen molar-refractivity contribution in [2.75, 3.05) is 0 Å². The third-order valence-corrected chi connectivity index (χ3v) is 4.33. The van der Waals surface area contributed by atoms with Gasteiger partial charge in [-0.3, -0.25) is 4.40 Å². The molecule has 0 radical (unpaired) electrons. The lowest BCUT2D eigenvalue weighted by Gasteiger charge is -2.09. The van der Waals surface area contributed by atoms with Gasteiger partial charge in [-0.15, -0.1) is 0 Å². The minimum atomic E-state index is -1.02. The first-order valence-electron chi connectivity index (χ1n) is 7.48. The lowest BCUT2D eigenvalue weighted by molar-refractivity contribution is 0.0693. The molecule has 0 atom stereocenters. The van der Waals surface area contributed by atoms with Crippen LogP contribution in [0.15, 0.2) is 36.9 Å². The summed E-state index contributed by atoms with van der Waals surface area (Å²) in [7, 11) is 0. The van der Waals surface area contributed by atoms with E-state index in [2.05, 4.69) is 14.5 Å². The van der Waals surface area contributed by atoms with Crippen LogP contribution in [0.2, 0.25) is 0 Å². The number of carboxylic acids is 1. The zero-order valence-electron chi connectivity index (χ0n) is 12.0. The first-order chi connectivity index (χ1) is 10.7. The smallest absolute Gasteiger partial charge is 0.356 e. The number of hydrogen-bond donors (Lipinski definition) is 1. The summed E-state index contributed by atoms with van der Waals surface area (Å²) in [5.41, 5.74) is 1.35. The van der Waals surface area contributed by atoms with Gasteiger partial charge in [-0.1, -0.05) is 18.9 Å². The molecule has 3 heterocycles. The van der Waals surface area contributed by atoms with E-state index in [-0.39, 0.29) is 5.69 Å². The van der Waals surface area contributed by atoms with Gasteiger partial charge in [0.15, 0.2) is 11.5 Å². The molecule has 0 aromatic carbocycles.